The molecule has 2 aromatic heterocycles. The molecule has 2 aromatic carbocycles. The Morgan fingerprint density at radius 2 is 1.79 bits per heavy atom. The summed E-state index contributed by atoms with van der Waals surface area (Å²) in [6, 6.07) is 18.1. The highest BCUT2D eigenvalue weighted by Crippen LogP contribution is 2.39. The Labute approximate surface area is 226 Å². The molecule has 2 heterocycles. The third-order valence-electron chi connectivity index (χ3n) is 6.33. The monoisotopic (exact) mass is 531 g/mol. The smallest absolute Gasteiger partial charge is 0.389 e. The number of rotatable bonds is 12. The Hall–Kier alpha value is -4.17. The third kappa shape index (κ3) is 7.91. The molecule has 202 valence electrons. The number of allylic oxidation sites excluding steroid dienone is 2. The number of fused-ring (bicyclic) bond motifs is 1. The van der Waals surface area contributed by atoms with E-state index in [-0.39, 0.29) is 5.57 Å². The normalized spacial score (nSPS) is 12.6. The Balaban J connectivity index is 1.61. The predicted octanol–water partition coefficient (Wildman–Crippen LogP) is 6.68. The molecule has 0 bridgehead atoms. The number of likely N-dealkylation sites (N-methyl/N-ethyl adjacent to an activating group) is 1. The van der Waals surface area contributed by atoms with Crippen LogP contribution in [0.4, 0.5) is 13.2 Å². The van der Waals surface area contributed by atoms with Crippen LogP contribution in [0.5, 0.6) is 0 Å². The Bertz CT molecular complexity index is 1430. The van der Waals surface area contributed by atoms with Crippen molar-refractivity contribution in [1.82, 2.24) is 25.8 Å². The largest absolute Gasteiger partial charge is 0.393 e. The average molecular weight is 532 g/mol. The minimum atomic E-state index is -4.38. The van der Waals surface area contributed by atoms with Crippen LogP contribution >= 0.6 is 0 Å². The van der Waals surface area contributed by atoms with E-state index in [1.54, 1.807) is 42.7 Å². The molecule has 3 N–H and O–H groups in total. The van der Waals surface area contributed by atoms with Gasteiger partial charge in [-0.2, -0.15) is 18.3 Å². The van der Waals surface area contributed by atoms with E-state index in [2.05, 4.69) is 32.4 Å². The molecule has 8 heteroatoms. The Morgan fingerprint density at radius 3 is 2.51 bits per heavy atom. The van der Waals surface area contributed by atoms with Crippen molar-refractivity contribution >= 4 is 22.0 Å². The number of aromatic nitrogens is 3. The van der Waals surface area contributed by atoms with Gasteiger partial charge in [0.1, 0.15) is 0 Å². The fourth-order valence-corrected chi connectivity index (χ4v) is 4.37. The van der Waals surface area contributed by atoms with E-state index in [4.69, 9.17) is 0 Å². The molecule has 0 spiro atoms. The second kappa shape index (κ2) is 13.1. The van der Waals surface area contributed by atoms with Crippen LogP contribution < -0.4 is 10.6 Å². The first-order valence-corrected chi connectivity index (χ1v) is 12.8. The first kappa shape index (κ1) is 27.9. The van der Waals surface area contributed by atoms with E-state index in [1.165, 1.54) is 0 Å². The topological polar surface area (TPSA) is 65.6 Å². The van der Waals surface area contributed by atoms with E-state index in [0.717, 1.165) is 48.2 Å². The summed E-state index contributed by atoms with van der Waals surface area (Å²) in [5.41, 5.74) is 5.12. The van der Waals surface area contributed by atoms with Gasteiger partial charge < -0.3 is 10.6 Å². The lowest BCUT2D eigenvalue weighted by Crippen LogP contribution is -2.16. The maximum atomic E-state index is 13.9. The molecule has 4 aromatic rings. The maximum Gasteiger partial charge on any atom is 0.393 e. The molecule has 5 nitrogen and oxygen atoms in total. The lowest BCUT2D eigenvalue weighted by atomic mass is 9.88. The quantitative estimate of drug-likeness (QED) is 0.108. The van der Waals surface area contributed by atoms with Gasteiger partial charge in [0, 0.05) is 42.1 Å². The number of aryl methyl sites for hydroxylation is 1. The van der Waals surface area contributed by atoms with E-state index in [9.17, 15) is 13.2 Å². The van der Waals surface area contributed by atoms with Crippen molar-refractivity contribution in [3.63, 3.8) is 0 Å². The fourth-order valence-electron chi connectivity index (χ4n) is 4.37. The highest BCUT2D eigenvalue weighted by Gasteiger charge is 2.31. The molecule has 0 unspecified atom stereocenters. The van der Waals surface area contributed by atoms with Crippen LogP contribution in [-0.2, 0) is 6.42 Å². The summed E-state index contributed by atoms with van der Waals surface area (Å²) in [7, 11) is 1.83. The standard InChI is InChI=1S/C31H32F3N5/c1-22(35-2)8-6-16-36-17-7-11-27-14-12-25(20-37-27)30(24-13-15-29-26(18-24)21-38-39-29)28(19-31(32,33)34)23-9-4-3-5-10-23/h3-6,8-10,12-15,18,20-21,35-36H,1,7,11,16-17,19H2,2H3,(H,38,39)/b8-6+,30-28-. The highest BCUT2D eigenvalue weighted by atomic mass is 19.4. The number of hydrogen-bond acceptors (Lipinski definition) is 4. The minimum Gasteiger partial charge on any atom is -0.389 e. The summed E-state index contributed by atoms with van der Waals surface area (Å²) in [5, 5.41) is 14.1. The molecule has 0 saturated carbocycles. The zero-order valence-electron chi connectivity index (χ0n) is 21.9. The summed E-state index contributed by atoms with van der Waals surface area (Å²) in [6.45, 7) is 5.40. The third-order valence-corrected chi connectivity index (χ3v) is 6.33. The molecule has 0 aliphatic rings. The van der Waals surface area contributed by atoms with E-state index < -0.39 is 12.6 Å². The molecule has 0 aliphatic heterocycles. The number of pyridine rings is 1. The first-order chi connectivity index (χ1) is 18.8. The van der Waals surface area contributed by atoms with Crippen molar-refractivity contribution in [2.45, 2.75) is 25.4 Å². The Morgan fingerprint density at radius 1 is 1.00 bits per heavy atom. The van der Waals surface area contributed by atoms with Gasteiger partial charge in [-0.25, -0.2) is 0 Å². The fraction of sp³-hybridized carbons (Fsp3) is 0.226. The molecule has 0 saturated heterocycles. The van der Waals surface area contributed by atoms with Crippen LogP contribution in [0.2, 0.25) is 0 Å². The van der Waals surface area contributed by atoms with Crippen LogP contribution in [0.1, 0.15) is 35.2 Å². The van der Waals surface area contributed by atoms with E-state index in [0.29, 0.717) is 22.3 Å². The van der Waals surface area contributed by atoms with E-state index >= 15 is 0 Å². The second-order valence-corrected chi connectivity index (χ2v) is 9.21. The number of nitrogens with one attached hydrogen (secondary N) is 3. The summed E-state index contributed by atoms with van der Waals surface area (Å²) in [5.74, 6) is 0. The Kier molecular flexibility index (Phi) is 9.33. The molecular weight excluding hydrogens is 499 g/mol. The number of hydrogen-bond donors (Lipinski definition) is 3. The maximum absolute atomic E-state index is 13.9. The molecule has 0 fully saturated rings. The van der Waals surface area contributed by atoms with Crippen LogP contribution in [0.3, 0.4) is 0 Å². The molecule has 0 atom stereocenters. The van der Waals surface area contributed by atoms with Crippen LogP contribution in [0.25, 0.3) is 22.0 Å². The van der Waals surface area contributed by atoms with Crippen LogP contribution in [0, 0.1) is 0 Å². The predicted molar refractivity (Wildman–Crippen MR) is 152 cm³/mol. The van der Waals surface area contributed by atoms with Gasteiger partial charge in [-0.05, 0) is 65.9 Å². The SMILES string of the molecule is C=C(/C=C/CNCCCc1ccc(/C(=C(/CC(F)(F)F)c2ccccc2)c2ccc3[nH]ncc3c2)cn1)NC. The number of benzene rings is 2. The molecule has 4 rings (SSSR count). The average Bonchev–Trinajstić information content (AvgIpc) is 3.41. The molecular formula is C31H32F3N5. The van der Waals surface area contributed by atoms with Gasteiger partial charge >= 0.3 is 6.18 Å². The van der Waals surface area contributed by atoms with E-state index in [1.807, 2.05) is 49.5 Å². The minimum absolute atomic E-state index is 0.207. The zero-order chi connectivity index (χ0) is 27.7. The first-order valence-electron chi connectivity index (χ1n) is 12.8. The number of alkyl halides is 3. The van der Waals surface area contributed by atoms with Gasteiger partial charge in [-0.1, -0.05) is 55.1 Å². The zero-order valence-corrected chi connectivity index (χ0v) is 21.9. The second-order valence-electron chi connectivity index (χ2n) is 9.21. The summed E-state index contributed by atoms with van der Waals surface area (Å²) >= 11 is 0. The number of H-pyrrole nitrogens is 1. The van der Waals surface area contributed by atoms with Gasteiger partial charge in [0.2, 0.25) is 0 Å². The van der Waals surface area contributed by atoms with Crippen molar-refractivity contribution in [2.24, 2.45) is 0 Å². The van der Waals surface area contributed by atoms with Crippen molar-refractivity contribution in [1.29, 1.82) is 0 Å². The van der Waals surface area contributed by atoms with Gasteiger partial charge in [0.05, 0.1) is 18.1 Å². The number of aromatic amines is 1. The van der Waals surface area contributed by atoms with Crippen LogP contribution in [0.15, 0.2) is 97.5 Å². The van der Waals surface area contributed by atoms with Crippen molar-refractivity contribution in [2.75, 3.05) is 20.1 Å². The van der Waals surface area contributed by atoms with Crippen molar-refractivity contribution < 1.29 is 13.2 Å². The summed E-state index contributed by atoms with van der Waals surface area (Å²) in [4.78, 5) is 4.62. The lowest BCUT2D eigenvalue weighted by Gasteiger charge is -2.19. The van der Waals surface area contributed by atoms with Crippen molar-refractivity contribution in [3.8, 4) is 0 Å². The summed E-state index contributed by atoms with van der Waals surface area (Å²) in [6.07, 6.45) is 3.49. The van der Waals surface area contributed by atoms with Gasteiger partial charge in [-0.3, -0.25) is 10.1 Å². The number of halogens is 3. The molecule has 0 amide bonds. The van der Waals surface area contributed by atoms with Crippen molar-refractivity contribution in [3.05, 3.63) is 120 Å². The van der Waals surface area contributed by atoms with Crippen LogP contribution in [-0.4, -0.2) is 41.5 Å². The summed E-state index contributed by atoms with van der Waals surface area (Å²) < 4.78 is 41.6. The van der Waals surface area contributed by atoms with Gasteiger partial charge in [0.25, 0.3) is 0 Å². The molecule has 39 heavy (non-hydrogen) atoms. The molecule has 0 radical (unpaired) electrons. The number of nitrogens with zero attached hydrogens (tertiary/aromatic N) is 2. The highest BCUT2D eigenvalue weighted by molar-refractivity contribution is 6.00. The van der Waals surface area contributed by atoms with Gasteiger partial charge in [0.15, 0.2) is 0 Å². The van der Waals surface area contributed by atoms with Gasteiger partial charge in [-0.15, -0.1) is 0 Å². The lowest BCUT2D eigenvalue weighted by molar-refractivity contribution is -0.122. The molecule has 0 aliphatic carbocycles.